The minimum absolute atomic E-state index is 0.00992. The van der Waals surface area contributed by atoms with E-state index in [2.05, 4.69) is 4.72 Å². The van der Waals surface area contributed by atoms with Gasteiger partial charge in [-0.2, -0.15) is 4.31 Å². The number of nitrogens with one attached hydrogen (secondary N) is 1. The Morgan fingerprint density at radius 2 is 1.70 bits per heavy atom. The van der Waals surface area contributed by atoms with Crippen molar-refractivity contribution >= 4 is 43.2 Å². The quantitative estimate of drug-likeness (QED) is 0.335. The lowest BCUT2D eigenvalue weighted by Gasteiger charge is -2.33. The number of likely N-dealkylation sites (N-methyl/N-ethyl adjacent to an activating group) is 1. The first-order chi connectivity index (χ1) is 20.7. The molecule has 14 heteroatoms. The number of nitrogens with zero attached hydrogens (tertiary/aromatic N) is 2. The number of carbonyl (C=O) groups excluding carboxylic acids is 1. The molecule has 1 amide bonds. The Bertz CT molecular complexity index is 1680. The minimum Gasteiger partial charge on any atom is -0.497 e. The lowest BCUT2D eigenvalue weighted by Crippen LogP contribution is -2.48. The molecule has 1 aliphatic heterocycles. The van der Waals surface area contributed by atoms with Crippen LogP contribution in [0.4, 0.5) is 5.69 Å². The molecule has 3 atom stereocenters. The van der Waals surface area contributed by atoms with Gasteiger partial charge < -0.3 is 19.5 Å². The molecule has 3 aromatic carbocycles. The van der Waals surface area contributed by atoms with Crippen LogP contribution in [0.15, 0.2) is 76.5 Å². The number of rotatable bonds is 10. The van der Waals surface area contributed by atoms with E-state index < -0.39 is 32.2 Å². The molecule has 0 aliphatic carbocycles. The summed E-state index contributed by atoms with van der Waals surface area (Å²) in [6.45, 7) is 3.45. The van der Waals surface area contributed by atoms with Gasteiger partial charge in [0.15, 0.2) is 0 Å². The van der Waals surface area contributed by atoms with E-state index in [1.54, 1.807) is 30.0 Å². The van der Waals surface area contributed by atoms with Gasteiger partial charge in [-0.1, -0.05) is 18.5 Å². The highest BCUT2D eigenvalue weighted by molar-refractivity contribution is 7.92. The number of anilines is 1. The molecule has 0 saturated carbocycles. The summed E-state index contributed by atoms with van der Waals surface area (Å²) < 4.78 is 68.1. The van der Waals surface area contributed by atoms with Crippen molar-refractivity contribution in [3.63, 3.8) is 0 Å². The average molecular weight is 666 g/mol. The number of halogens is 1. The average Bonchev–Trinajstić information content (AvgIpc) is 3.04. The number of methoxy groups -OCH3 is 1. The summed E-state index contributed by atoms with van der Waals surface area (Å²) in [6, 6.07) is 15.8. The summed E-state index contributed by atoms with van der Waals surface area (Å²) in [7, 11) is -4.92. The molecule has 44 heavy (non-hydrogen) atoms. The van der Waals surface area contributed by atoms with Crippen molar-refractivity contribution in [3.05, 3.63) is 77.3 Å². The second-order valence-corrected chi connectivity index (χ2v) is 14.9. The summed E-state index contributed by atoms with van der Waals surface area (Å²) in [5.41, 5.74) is 0.612. The third kappa shape index (κ3) is 7.64. The van der Waals surface area contributed by atoms with E-state index in [1.165, 1.54) is 67.0 Å². The number of hydrogen-bond acceptors (Lipinski definition) is 8. The lowest BCUT2D eigenvalue weighted by atomic mass is 10.0. The number of aliphatic hydroxyl groups is 1. The second kappa shape index (κ2) is 13.7. The summed E-state index contributed by atoms with van der Waals surface area (Å²) in [5, 5.41) is 10.3. The van der Waals surface area contributed by atoms with Crippen LogP contribution in [-0.4, -0.2) is 83.1 Å². The highest BCUT2D eigenvalue weighted by atomic mass is 35.5. The fourth-order valence-electron chi connectivity index (χ4n) is 4.82. The second-order valence-electron chi connectivity index (χ2n) is 10.7. The number of sulfonamides is 2. The molecule has 2 N–H and O–H groups in total. The molecule has 3 aromatic rings. The number of carbonyl (C=O) groups is 1. The fraction of sp³-hybridized carbons (Fsp3) is 0.367. The summed E-state index contributed by atoms with van der Waals surface area (Å²) in [6.07, 6.45) is -0.835. The summed E-state index contributed by atoms with van der Waals surface area (Å²) in [5.74, 6) is 0.198. The highest BCUT2D eigenvalue weighted by Gasteiger charge is 2.33. The number of aliphatic hydroxyl groups excluding tert-OH is 1. The molecule has 0 aromatic heterocycles. The third-order valence-electron chi connectivity index (χ3n) is 7.50. The third-order valence-corrected chi connectivity index (χ3v) is 11.0. The molecule has 0 unspecified atom stereocenters. The zero-order valence-electron chi connectivity index (χ0n) is 24.8. The molecular weight excluding hydrogens is 630 g/mol. The van der Waals surface area contributed by atoms with Crippen LogP contribution in [0, 0.1) is 5.92 Å². The zero-order valence-corrected chi connectivity index (χ0v) is 27.2. The van der Waals surface area contributed by atoms with Gasteiger partial charge in [0.25, 0.3) is 10.0 Å². The van der Waals surface area contributed by atoms with Crippen molar-refractivity contribution in [1.82, 2.24) is 9.21 Å². The Hall–Kier alpha value is -3.36. The zero-order chi connectivity index (χ0) is 32.2. The number of ether oxygens (including phenoxy) is 2. The number of hydrogen-bond donors (Lipinski definition) is 2. The van der Waals surface area contributed by atoms with Crippen molar-refractivity contribution in [2.75, 3.05) is 38.6 Å². The standard InChI is InChI=1S/C30H36ClN3O8S2/c1-20-17-34(21(2)19-35)30(36)16-22-15-24(32-43(37,38)26-10-5-23(31)6-11-26)7-14-28(22)42-29(20)18-33(3)44(39,40)27-12-8-25(41-4)9-13-27/h5-15,20-21,29,32,35H,16-19H2,1-4H3/t20-,21+,29+/m1/s1. The maximum absolute atomic E-state index is 13.5. The van der Waals surface area contributed by atoms with Gasteiger partial charge in [-0.3, -0.25) is 9.52 Å². The van der Waals surface area contributed by atoms with E-state index in [1.807, 2.05) is 6.92 Å². The van der Waals surface area contributed by atoms with E-state index in [0.717, 1.165) is 0 Å². The van der Waals surface area contributed by atoms with E-state index >= 15 is 0 Å². The number of amides is 1. The molecule has 11 nitrogen and oxygen atoms in total. The Labute approximate surface area is 263 Å². The van der Waals surface area contributed by atoms with Crippen LogP contribution in [0.2, 0.25) is 5.02 Å². The molecule has 238 valence electrons. The van der Waals surface area contributed by atoms with E-state index in [9.17, 15) is 26.7 Å². The van der Waals surface area contributed by atoms with Gasteiger partial charge in [0.2, 0.25) is 15.9 Å². The monoisotopic (exact) mass is 665 g/mol. The predicted molar refractivity (Wildman–Crippen MR) is 167 cm³/mol. The van der Waals surface area contributed by atoms with Crippen LogP contribution in [0.25, 0.3) is 0 Å². The Balaban J connectivity index is 1.67. The Morgan fingerprint density at radius 3 is 2.32 bits per heavy atom. The number of fused-ring (bicyclic) bond motifs is 1. The van der Waals surface area contributed by atoms with Gasteiger partial charge in [0.05, 0.1) is 42.5 Å². The first-order valence-corrected chi connectivity index (χ1v) is 17.1. The maximum atomic E-state index is 13.5. The molecule has 1 aliphatic rings. The molecule has 0 spiro atoms. The summed E-state index contributed by atoms with van der Waals surface area (Å²) in [4.78, 5) is 15.1. The van der Waals surface area contributed by atoms with Gasteiger partial charge >= 0.3 is 0 Å². The molecule has 0 saturated heterocycles. The highest BCUT2D eigenvalue weighted by Crippen LogP contribution is 2.31. The smallest absolute Gasteiger partial charge is 0.261 e. The van der Waals surface area contributed by atoms with Crippen LogP contribution in [0.5, 0.6) is 11.5 Å². The van der Waals surface area contributed by atoms with Gasteiger partial charge in [0, 0.05) is 35.8 Å². The fourth-order valence-corrected chi connectivity index (χ4v) is 7.18. The largest absolute Gasteiger partial charge is 0.497 e. The van der Waals surface area contributed by atoms with Crippen LogP contribution in [0.1, 0.15) is 19.4 Å². The molecular formula is C30H36ClN3O8S2. The minimum atomic E-state index is -3.96. The van der Waals surface area contributed by atoms with Gasteiger partial charge in [-0.05, 0) is 73.7 Å². The topological polar surface area (TPSA) is 143 Å². The van der Waals surface area contributed by atoms with E-state index in [0.29, 0.717) is 22.1 Å². The van der Waals surface area contributed by atoms with Crippen molar-refractivity contribution in [3.8, 4) is 11.5 Å². The van der Waals surface area contributed by atoms with Gasteiger partial charge in [-0.15, -0.1) is 0 Å². The van der Waals surface area contributed by atoms with Crippen LogP contribution in [-0.2, 0) is 31.3 Å². The van der Waals surface area contributed by atoms with Crippen molar-refractivity contribution in [2.45, 2.75) is 42.2 Å². The van der Waals surface area contributed by atoms with Crippen molar-refractivity contribution in [1.29, 1.82) is 0 Å². The van der Waals surface area contributed by atoms with Crippen LogP contribution in [0.3, 0.4) is 0 Å². The SMILES string of the molecule is COc1ccc(S(=O)(=O)N(C)C[C@@H]2Oc3ccc(NS(=O)(=O)c4ccc(Cl)cc4)cc3CC(=O)N([C@@H](C)CO)C[C@H]2C)cc1. The predicted octanol–water partition coefficient (Wildman–Crippen LogP) is 3.62. The molecule has 0 fully saturated rings. The first-order valence-electron chi connectivity index (χ1n) is 13.8. The van der Waals surface area contributed by atoms with Crippen LogP contribution >= 0.6 is 11.6 Å². The molecule has 0 radical (unpaired) electrons. The van der Waals surface area contributed by atoms with Crippen molar-refractivity contribution < 1.29 is 36.2 Å². The van der Waals surface area contributed by atoms with Gasteiger partial charge in [-0.25, -0.2) is 16.8 Å². The van der Waals surface area contributed by atoms with Crippen LogP contribution < -0.4 is 14.2 Å². The summed E-state index contributed by atoms with van der Waals surface area (Å²) >= 11 is 5.90. The van der Waals surface area contributed by atoms with Crippen molar-refractivity contribution in [2.24, 2.45) is 5.92 Å². The lowest BCUT2D eigenvalue weighted by molar-refractivity contribution is -0.134. The first kappa shape index (κ1) is 33.5. The van der Waals surface area contributed by atoms with E-state index in [-0.39, 0.29) is 53.4 Å². The number of benzene rings is 3. The Kier molecular flexibility index (Phi) is 10.5. The Morgan fingerprint density at radius 1 is 1.07 bits per heavy atom. The van der Waals surface area contributed by atoms with E-state index in [4.69, 9.17) is 21.1 Å². The maximum Gasteiger partial charge on any atom is 0.261 e. The molecule has 0 bridgehead atoms. The molecule has 1 heterocycles. The normalized spacial score (nSPS) is 18.4. The van der Waals surface area contributed by atoms with Gasteiger partial charge in [0.1, 0.15) is 17.6 Å². The molecule has 4 rings (SSSR count).